The summed E-state index contributed by atoms with van der Waals surface area (Å²) in [4.78, 5) is 29.6. The number of carbonyl (C=O) groups is 2. The molecule has 1 aliphatic rings. The lowest BCUT2D eigenvalue weighted by molar-refractivity contribution is -0.144. The van der Waals surface area contributed by atoms with Crippen molar-refractivity contribution in [3.8, 4) is 0 Å². The molecular formula is C33H34N2O3. The molecule has 38 heavy (non-hydrogen) atoms. The van der Waals surface area contributed by atoms with Crippen LogP contribution in [-0.4, -0.2) is 40.4 Å². The van der Waals surface area contributed by atoms with Gasteiger partial charge in [-0.3, -0.25) is 9.59 Å². The molecule has 0 bridgehead atoms. The summed E-state index contributed by atoms with van der Waals surface area (Å²) < 4.78 is 0. The summed E-state index contributed by atoms with van der Waals surface area (Å²) in [6.45, 7) is 3.84. The third-order valence-corrected chi connectivity index (χ3v) is 7.07. The Labute approximate surface area is 225 Å². The number of nitrogens with zero attached hydrogens (tertiary/aromatic N) is 2. The van der Waals surface area contributed by atoms with Crippen molar-refractivity contribution < 1.29 is 14.7 Å². The quantitative estimate of drug-likeness (QED) is 0.358. The van der Waals surface area contributed by atoms with Crippen molar-refractivity contribution >= 4 is 11.9 Å². The molecule has 1 N–H and O–H groups in total. The van der Waals surface area contributed by atoms with Crippen LogP contribution in [0, 0.1) is 11.8 Å². The number of carbonyl (C=O) groups excluding carboxylic acids is 1. The molecule has 0 spiro atoms. The first-order valence-electron chi connectivity index (χ1n) is 12.9. The van der Waals surface area contributed by atoms with Crippen LogP contribution >= 0.6 is 0 Å². The Balaban J connectivity index is 1.93. The van der Waals surface area contributed by atoms with E-state index in [-0.39, 0.29) is 18.4 Å². The van der Waals surface area contributed by atoms with Crippen LogP contribution in [-0.2, 0) is 15.1 Å². The third-order valence-electron chi connectivity index (χ3n) is 7.07. The average molecular weight is 507 g/mol. The molecule has 1 atom stereocenters. The normalized spacial score (nSPS) is 14.1. The molecule has 1 heterocycles. The number of benzene rings is 3. The zero-order valence-electron chi connectivity index (χ0n) is 22.1. The number of hydrogen-bond donors (Lipinski definition) is 1. The van der Waals surface area contributed by atoms with Crippen LogP contribution in [0.1, 0.15) is 30.5 Å². The maximum atomic E-state index is 14.1. The van der Waals surface area contributed by atoms with E-state index in [1.165, 1.54) is 4.90 Å². The number of allylic oxidation sites excluding steroid dienone is 4. The highest BCUT2D eigenvalue weighted by atomic mass is 16.4. The van der Waals surface area contributed by atoms with Gasteiger partial charge in [0.2, 0.25) is 0 Å². The fourth-order valence-corrected chi connectivity index (χ4v) is 5.08. The fourth-order valence-electron chi connectivity index (χ4n) is 5.08. The summed E-state index contributed by atoms with van der Waals surface area (Å²) in [6.07, 6.45) is 9.42. The summed E-state index contributed by atoms with van der Waals surface area (Å²) in [5.74, 6) is -1.94. The van der Waals surface area contributed by atoms with Gasteiger partial charge in [-0.25, -0.2) is 0 Å². The summed E-state index contributed by atoms with van der Waals surface area (Å²) >= 11 is 0. The number of carboxylic acids is 1. The van der Waals surface area contributed by atoms with Crippen molar-refractivity contribution in [3.05, 3.63) is 144 Å². The first-order valence-corrected chi connectivity index (χ1v) is 12.9. The molecule has 0 fully saturated rings. The van der Waals surface area contributed by atoms with E-state index in [0.29, 0.717) is 5.70 Å². The Hall–Kier alpha value is -4.38. The van der Waals surface area contributed by atoms with Gasteiger partial charge in [-0.1, -0.05) is 117 Å². The second kappa shape index (κ2) is 11.8. The first-order chi connectivity index (χ1) is 18.4. The molecule has 0 aromatic heterocycles. The first kappa shape index (κ1) is 26.7. The highest BCUT2D eigenvalue weighted by molar-refractivity contribution is 5.94. The van der Waals surface area contributed by atoms with Crippen LogP contribution in [0.15, 0.2) is 127 Å². The van der Waals surface area contributed by atoms with Gasteiger partial charge in [0.25, 0.3) is 5.91 Å². The number of carboxylic acid groups (broad SMARTS) is 1. The monoisotopic (exact) mass is 506 g/mol. The second-order valence-corrected chi connectivity index (χ2v) is 9.83. The largest absolute Gasteiger partial charge is 0.481 e. The van der Waals surface area contributed by atoms with Gasteiger partial charge in [-0.2, -0.15) is 0 Å². The van der Waals surface area contributed by atoms with Crippen LogP contribution in [0.25, 0.3) is 0 Å². The minimum absolute atomic E-state index is 0.111. The fraction of sp³-hybridized carbons (Fsp3) is 0.212. The van der Waals surface area contributed by atoms with Crippen LogP contribution in [0.2, 0.25) is 0 Å². The smallest absolute Gasteiger partial charge is 0.308 e. The lowest BCUT2D eigenvalue weighted by Crippen LogP contribution is -2.49. The van der Waals surface area contributed by atoms with E-state index in [4.69, 9.17) is 0 Å². The molecule has 0 unspecified atom stereocenters. The summed E-state index contributed by atoms with van der Waals surface area (Å²) in [5.41, 5.74) is 2.56. The van der Waals surface area contributed by atoms with Gasteiger partial charge < -0.3 is 14.9 Å². The standard InChI is InChI=1S/C33H34N2O3/c1-25(2)29(32(37)38)24-34(3)31(36)30-22-14-7-15-23-35(30)33(26-16-8-4-9-17-26,27-18-10-5-11-19-27)28-20-12-6-13-21-28/h4-23,25,29H,24H2,1-3H3,(H,37,38)/t29-/m0/s1. The van der Waals surface area contributed by atoms with E-state index < -0.39 is 17.4 Å². The lowest BCUT2D eigenvalue weighted by Gasteiger charge is -2.46. The number of hydrogen-bond acceptors (Lipinski definition) is 3. The minimum atomic E-state index is -0.904. The summed E-state index contributed by atoms with van der Waals surface area (Å²) in [5, 5.41) is 9.77. The number of rotatable bonds is 9. The zero-order valence-corrected chi connectivity index (χ0v) is 22.1. The van der Waals surface area contributed by atoms with Gasteiger partial charge in [0, 0.05) is 19.8 Å². The van der Waals surface area contributed by atoms with Crippen molar-refractivity contribution in [2.24, 2.45) is 11.8 Å². The summed E-state index contributed by atoms with van der Waals surface area (Å²) in [6, 6.07) is 30.5. The molecular weight excluding hydrogens is 472 g/mol. The summed E-state index contributed by atoms with van der Waals surface area (Å²) in [7, 11) is 1.67. The molecule has 3 aromatic carbocycles. The number of likely N-dealkylation sites (N-methyl/N-ethyl adjacent to an activating group) is 1. The van der Waals surface area contributed by atoms with Gasteiger partial charge in [0.05, 0.1) is 5.92 Å². The topological polar surface area (TPSA) is 60.9 Å². The van der Waals surface area contributed by atoms with Gasteiger partial charge in [-0.05, 0) is 34.8 Å². The van der Waals surface area contributed by atoms with E-state index in [2.05, 4.69) is 36.4 Å². The maximum Gasteiger partial charge on any atom is 0.308 e. The second-order valence-electron chi connectivity index (χ2n) is 9.83. The molecule has 0 saturated carbocycles. The highest BCUT2D eigenvalue weighted by Gasteiger charge is 2.44. The molecule has 3 aromatic rings. The lowest BCUT2D eigenvalue weighted by atomic mass is 9.75. The molecule has 1 amide bonds. The van der Waals surface area contributed by atoms with Crippen LogP contribution < -0.4 is 0 Å². The zero-order chi connectivity index (χ0) is 27.1. The SMILES string of the molecule is CC(C)[C@H](CN(C)C(=O)C1=CC=CC=CN1C(c1ccccc1)(c1ccccc1)c1ccccc1)C(=O)O. The van der Waals surface area contributed by atoms with E-state index in [1.54, 1.807) is 7.05 Å². The van der Waals surface area contributed by atoms with Crippen molar-refractivity contribution in [1.29, 1.82) is 0 Å². The Morgan fingerprint density at radius 1 is 0.789 bits per heavy atom. The van der Waals surface area contributed by atoms with E-state index in [0.717, 1.165) is 16.7 Å². The average Bonchev–Trinajstić information content (AvgIpc) is 3.19. The van der Waals surface area contributed by atoms with Crippen LogP contribution in [0.5, 0.6) is 0 Å². The van der Waals surface area contributed by atoms with E-state index in [1.807, 2.05) is 104 Å². The predicted molar refractivity (Wildman–Crippen MR) is 151 cm³/mol. The van der Waals surface area contributed by atoms with Crippen molar-refractivity contribution in [3.63, 3.8) is 0 Å². The number of amides is 1. The van der Waals surface area contributed by atoms with Crippen molar-refractivity contribution in [2.45, 2.75) is 19.4 Å². The molecule has 5 nitrogen and oxygen atoms in total. The third kappa shape index (κ3) is 5.18. The molecule has 194 valence electrons. The molecule has 0 radical (unpaired) electrons. The highest BCUT2D eigenvalue weighted by Crippen LogP contribution is 2.45. The molecule has 4 rings (SSSR count). The molecule has 0 saturated heterocycles. The maximum absolute atomic E-state index is 14.1. The van der Waals surface area contributed by atoms with Crippen LogP contribution in [0.3, 0.4) is 0 Å². The van der Waals surface area contributed by atoms with Gasteiger partial charge in [-0.15, -0.1) is 0 Å². The van der Waals surface area contributed by atoms with E-state index >= 15 is 0 Å². The molecule has 5 heteroatoms. The molecule has 1 aliphatic heterocycles. The van der Waals surface area contributed by atoms with Gasteiger partial charge in [0.1, 0.15) is 11.2 Å². The van der Waals surface area contributed by atoms with E-state index in [9.17, 15) is 14.7 Å². The Morgan fingerprint density at radius 2 is 1.26 bits per heavy atom. The van der Waals surface area contributed by atoms with Crippen LogP contribution in [0.4, 0.5) is 0 Å². The molecule has 0 aliphatic carbocycles. The minimum Gasteiger partial charge on any atom is -0.481 e. The van der Waals surface area contributed by atoms with Gasteiger partial charge >= 0.3 is 5.97 Å². The van der Waals surface area contributed by atoms with Crippen molar-refractivity contribution in [2.75, 3.05) is 13.6 Å². The van der Waals surface area contributed by atoms with Crippen molar-refractivity contribution in [1.82, 2.24) is 9.80 Å². The Bertz CT molecular complexity index is 1230. The number of aliphatic carboxylic acids is 1. The Kier molecular flexibility index (Phi) is 8.27. The Morgan fingerprint density at radius 3 is 1.68 bits per heavy atom. The van der Waals surface area contributed by atoms with Gasteiger partial charge in [0.15, 0.2) is 0 Å². The predicted octanol–water partition coefficient (Wildman–Crippen LogP) is 6.06.